The van der Waals surface area contributed by atoms with Crippen LogP contribution in [0.2, 0.25) is 0 Å². The Morgan fingerprint density at radius 2 is 1.97 bits per heavy atom. The van der Waals surface area contributed by atoms with Gasteiger partial charge in [-0.25, -0.2) is 9.78 Å². The van der Waals surface area contributed by atoms with Crippen molar-refractivity contribution in [1.29, 1.82) is 0 Å². The molecule has 1 saturated heterocycles. The first-order chi connectivity index (χ1) is 14.9. The summed E-state index contributed by atoms with van der Waals surface area (Å²) in [6, 6.07) is 6.78. The number of amides is 2. The smallest absolute Gasteiger partial charge is 0.337 e. The van der Waals surface area contributed by atoms with Gasteiger partial charge in [0.25, 0.3) is 0 Å². The van der Waals surface area contributed by atoms with Crippen LogP contribution in [0.25, 0.3) is 0 Å². The lowest BCUT2D eigenvalue weighted by Gasteiger charge is -2.33. The number of carbonyl (C=O) groups excluding carboxylic acids is 3. The highest BCUT2D eigenvalue weighted by molar-refractivity contribution is 7.15. The maximum absolute atomic E-state index is 12.8. The number of methoxy groups -OCH3 is 1. The van der Waals surface area contributed by atoms with Gasteiger partial charge in [-0.15, -0.1) is 11.3 Å². The van der Waals surface area contributed by atoms with Gasteiger partial charge in [0.05, 0.1) is 18.4 Å². The Labute approximate surface area is 185 Å². The lowest BCUT2D eigenvalue weighted by atomic mass is 9.90. The van der Waals surface area contributed by atoms with Gasteiger partial charge in [-0.3, -0.25) is 9.59 Å². The molecule has 0 unspecified atom stereocenters. The van der Waals surface area contributed by atoms with Gasteiger partial charge in [0.1, 0.15) is 0 Å². The lowest BCUT2D eigenvalue weighted by molar-refractivity contribution is -0.129. The maximum Gasteiger partial charge on any atom is 0.337 e. The van der Waals surface area contributed by atoms with E-state index < -0.39 is 5.97 Å². The molecule has 1 atom stereocenters. The molecule has 2 heterocycles. The van der Waals surface area contributed by atoms with Crippen LogP contribution in [0.15, 0.2) is 24.3 Å². The van der Waals surface area contributed by atoms with E-state index in [0.717, 1.165) is 49.8 Å². The summed E-state index contributed by atoms with van der Waals surface area (Å²) < 4.78 is 4.74. The molecule has 31 heavy (non-hydrogen) atoms. The van der Waals surface area contributed by atoms with Gasteiger partial charge in [-0.2, -0.15) is 0 Å². The minimum atomic E-state index is -0.431. The van der Waals surface area contributed by atoms with Gasteiger partial charge < -0.3 is 19.9 Å². The maximum atomic E-state index is 12.8. The molecule has 1 fully saturated rings. The van der Waals surface area contributed by atoms with E-state index in [2.05, 4.69) is 10.2 Å². The van der Waals surface area contributed by atoms with Crippen LogP contribution in [-0.4, -0.2) is 61.0 Å². The number of rotatable bonds is 4. The average molecular weight is 443 g/mol. The first-order valence-corrected chi connectivity index (χ1v) is 11.2. The SMILES string of the molecule is COC(=O)c1cccc(NC(=O)[C@H]2CCc3nc(N4CCN(C(C)=O)CC4)sc3C2)c1. The Morgan fingerprint density at radius 3 is 2.68 bits per heavy atom. The van der Waals surface area contributed by atoms with Crippen molar-refractivity contribution in [3.8, 4) is 0 Å². The summed E-state index contributed by atoms with van der Waals surface area (Å²) in [4.78, 5) is 46.2. The molecule has 2 aliphatic rings. The molecule has 1 N–H and O–H groups in total. The highest BCUT2D eigenvalue weighted by atomic mass is 32.1. The van der Waals surface area contributed by atoms with Crippen LogP contribution in [-0.2, 0) is 27.2 Å². The monoisotopic (exact) mass is 442 g/mol. The van der Waals surface area contributed by atoms with Crippen molar-refractivity contribution in [3.05, 3.63) is 40.4 Å². The largest absolute Gasteiger partial charge is 0.465 e. The van der Waals surface area contributed by atoms with Crippen molar-refractivity contribution in [2.75, 3.05) is 43.5 Å². The highest BCUT2D eigenvalue weighted by Gasteiger charge is 2.29. The number of benzene rings is 1. The van der Waals surface area contributed by atoms with Crippen molar-refractivity contribution < 1.29 is 19.1 Å². The Kier molecular flexibility index (Phi) is 6.22. The number of fused-ring (bicyclic) bond motifs is 1. The predicted molar refractivity (Wildman–Crippen MR) is 119 cm³/mol. The van der Waals surface area contributed by atoms with Crippen molar-refractivity contribution in [1.82, 2.24) is 9.88 Å². The summed E-state index contributed by atoms with van der Waals surface area (Å²) in [6.07, 6.45) is 2.19. The van der Waals surface area contributed by atoms with Crippen molar-refractivity contribution in [2.24, 2.45) is 5.92 Å². The van der Waals surface area contributed by atoms with Gasteiger partial charge in [-0.1, -0.05) is 6.07 Å². The molecule has 0 spiro atoms. The molecule has 1 aliphatic carbocycles. The van der Waals surface area contributed by atoms with Crippen LogP contribution >= 0.6 is 11.3 Å². The van der Waals surface area contributed by atoms with Crippen LogP contribution in [0.4, 0.5) is 10.8 Å². The number of aromatic nitrogens is 1. The van der Waals surface area contributed by atoms with E-state index in [4.69, 9.17) is 9.72 Å². The molecule has 1 aromatic carbocycles. The summed E-state index contributed by atoms with van der Waals surface area (Å²) in [7, 11) is 1.33. The van der Waals surface area contributed by atoms with E-state index in [0.29, 0.717) is 17.7 Å². The van der Waals surface area contributed by atoms with E-state index in [1.807, 2.05) is 4.90 Å². The molecule has 8 nitrogen and oxygen atoms in total. The summed E-state index contributed by atoms with van der Waals surface area (Å²) >= 11 is 1.66. The third-order valence-electron chi connectivity index (χ3n) is 5.85. The molecular weight excluding hydrogens is 416 g/mol. The molecule has 2 amide bonds. The zero-order chi connectivity index (χ0) is 22.0. The zero-order valence-electron chi connectivity index (χ0n) is 17.7. The van der Waals surface area contributed by atoms with Gasteiger partial charge in [0.15, 0.2) is 5.13 Å². The van der Waals surface area contributed by atoms with Gasteiger partial charge in [0.2, 0.25) is 11.8 Å². The number of esters is 1. The molecule has 4 rings (SSSR count). The van der Waals surface area contributed by atoms with E-state index in [9.17, 15) is 14.4 Å². The predicted octanol–water partition coefficient (Wildman–Crippen LogP) is 2.34. The third-order valence-corrected chi connectivity index (χ3v) is 7.03. The van der Waals surface area contributed by atoms with Crippen molar-refractivity contribution in [2.45, 2.75) is 26.2 Å². The van der Waals surface area contributed by atoms with Crippen LogP contribution in [0, 0.1) is 5.92 Å². The van der Waals surface area contributed by atoms with Crippen molar-refractivity contribution in [3.63, 3.8) is 0 Å². The average Bonchev–Trinajstić information content (AvgIpc) is 3.22. The third kappa shape index (κ3) is 4.71. The molecule has 1 aromatic heterocycles. The molecule has 0 bridgehead atoms. The first-order valence-electron chi connectivity index (χ1n) is 10.4. The van der Waals surface area contributed by atoms with Crippen LogP contribution in [0.3, 0.4) is 0 Å². The minimum absolute atomic E-state index is 0.0438. The second-order valence-electron chi connectivity index (χ2n) is 7.86. The Bertz CT molecular complexity index is 997. The summed E-state index contributed by atoms with van der Waals surface area (Å²) in [5.41, 5.74) is 2.08. The first kappa shape index (κ1) is 21.3. The Hall–Kier alpha value is -2.94. The number of piperazine rings is 1. The summed E-state index contributed by atoms with van der Waals surface area (Å²) in [5, 5.41) is 3.92. The second-order valence-corrected chi connectivity index (χ2v) is 8.92. The number of carbonyl (C=O) groups is 3. The number of aryl methyl sites for hydroxylation is 1. The topological polar surface area (TPSA) is 91.8 Å². The number of anilines is 2. The van der Waals surface area contributed by atoms with Gasteiger partial charge in [-0.05, 0) is 37.5 Å². The number of nitrogens with zero attached hydrogens (tertiary/aromatic N) is 3. The van der Waals surface area contributed by atoms with Crippen LogP contribution in [0.5, 0.6) is 0 Å². The highest BCUT2D eigenvalue weighted by Crippen LogP contribution is 2.35. The second kappa shape index (κ2) is 9.05. The normalized spacial score (nSPS) is 18.3. The fourth-order valence-electron chi connectivity index (χ4n) is 4.02. The summed E-state index contributed by atoms with van der Waals surface area (Å²) in [6.45, 7) is 4.61. The fourth-order valence-corrected chi connectivity index (χ4v) is 5.26. The van der Waals surface area contributed by atoms with Crippen molar-refractivity contribution >= 4 is 39.9 Å². The Balaban J connectivity index is 1.38. The van der Waals surface area contributed by atoms with E-state index in [1.54, 1.807) is 42.5 Å². The fraction of sp³-hybridized carbons (Fsp3) is 0.455. The van der Waals surface area contributed by atoms with Crippen LogP contribution in [0.1, 0.15) is 34.3 Å². The van der Waals surface area contributed by atoms with E-state index >= 15 is 0 Å². The quantitative estimate of drug-likeness (QED) is 0.731. The number of nitrogens with one attached hydrogen (secondary N) is 1. The molecule has 2 aromatic rings. The molecule has 9 heteroatoms. The van der Waals surface area contributed by atoms with Gasteiger partial charge >= 0.3 is 5.97 Å². The van der Waals surface area contributed by atoms with Gasteiger partial charge in [0, 0.05) is 49.6 Å². The Morgan fingerprint density at radius 1 is 1.19 bits per heavy atom. The van der Waals surface area contributed by atoms with E-state index in [1.165, 1.54) is 12.0 Å². The molecule has 0 saturated carbocycles. The molecule has 0 radical (unpaired) electrons. The zero-order valence-corrected chi connectivity index (χ0v) is 18.5. The van der Waals surface area contributed by atoms with Crippen LogP contribution < -0.4 is 10.2 Å². The lowest BCUT2D eigenvalue weighted by Crippen LogP contribution is -2.48. The molecule has 1 aliphatic heterocycles. The number of ether oxygens (including phenoxy) is 1. The molecular formula is C22H26N4O4S. The number of hydrogen-bond acceptors (Lipinski definition) is 7. The number of hydrogen-bond donors (Lipinski definition) is 1. The van der Waals surface area contributed by atoms with E-state index in [-0.39, 0.29) is 17.7 Å². The molecule has 164 valence electrons. The standard InChI is InChI=1S/C22H26N4O4S/c1-14(27)25-8-10-26(11-9-25)22-24-18-7-6-15(13-19(18)31-22)20(28)23-17-5-3-4-16(12-17)21(29)30-2/h3-5,12,15H,6-11,13H2,1-2H3,(H,23,28)/t15-/m0/s1. The minimum Gasteiger partial charge on any atom is -0.465 e. The number of thiazole rings is 1. The summed E-state index contributed by atoms with van der Waals surface area (Å²) in [5.74, 6) is -0.487.